The van der Waals surface area contributed by atoms with E-state index in [1.807, 2.05) is 5.57 Å². The predicted octanol–water partition coefficient (Wildman–Crippen LogP) is 6.66. The Morgan fingerprint density at radius 2 is 1.88 bits per heavy atom. The molecule has 4 aliphatic rings. The molecular formula is C25H32O. The fourth-order valence-electron chi connectivity index (χ4n) is 6.76. The summed E-state index contributed by atoms with van der Waals surface area (Å²) < 4.78 is 5.33. The van der Waals surface area contributed by atoms with Gasteiger partial charge in [-0.3, -0.25) is 0 Å². The van der Waals surface area contributed by atoms with Crippen molar-refractivity contribution in [2.75, 3.05) is 7.11 Å². The van der Waals surface area contributed by atoms with Gasteiger partial charge in [-0.2, -0.15) is 0 Å². The lowest BCUT2D eigenvalue weighted by Gasteiger charge is -2.48. The average molecular weight is 349 g/mol. The third-order valence-electron chi connectivity index (χ3n) is 8.23. The van der Waals surface area contributed by atoms with Gasteiger partial charge in [0.15, 0.2) is 0 Å². The van der Waals surface area contributed by atoms with Crippen LogP contribution in [-0.4, -0.2) is 7.11 Å². The van der Waals surface area contributed by atoms with Gasteiger partial charge in [0.25, 0.3) is 0 Å². The van der Waals surface area contributed by atoms with E-state index in [9.17, 15) is 0 Å². The molecule has 0 N–H and O–H groups in total. The normalized spacial score (nSPS) is 38.5. The Morgan fingerprint density at radius 3 is 2.69 bits per heavy atom. The van der Waals surface area contributed by atoms with Crippen molar-refractivity contribution < 1.29 is 4.74 Å². The minimum Gasteiger partial charge on any atom is -0.497 e. The highest BCUT2D eigenvalue weighted by Gasteiger charge is 2.48. The van der Waals surface area contributed by atoms with Crippen molar-refractivity contribution in [2.24, 2.45) is 23.2 Å². The molecule has 5 rings (SSSR count). The summed E-state index contributed by atoms with van der Waals surface area (Å²) in [5.74, 6) is 4.26. The number of allylic oxidation sites excluding steroid dienone is 4. The van der Waals surface area contributed by atoms with E-state index in [1.165, 1.54) is 56.9 Å². The molecule has 0 radical (unpaired) electrons. The van der Waals surface area contributed by atoms with Crippen LogP contribution in [0.4, 0.5) is 0 Å². The van der Waals surface area contributed by atoms with Crippen LogP contribution in [-0.2, 0) is 0 Å². The summed E-state index contributed by atoms with van der Waals surface area (Å²) >= 11 is 0. The third kappa shape index (κ3) is 2.58. The molecule has 1 aromatic rings. The van der Waals surface area contributed by atoms with Crippen LogP contribution in [0.25, 0.3) is 0 Å². The van der Waals surface area contributed by atoms with Crippen LogP contribution in [0.2, 0.25) is 0 Å². The van der Waals surface area contributed by atoms with E-state index in [1.54, 1.807) is 12.7 Å². The molecule has 2 fully saturated rings. The van der Waals surface area contributed by atoms with E-state index >= 15 is 0 Å². The van der Waals surface area contributed by atoms with Crippen LogP contribution in [0.15, 0.2) is 47.6 Å². The molecule has 2 saturated carbocycles. The van der Waals surface area contributed by atoms with Crippen LogP contribution in [0.5, 0.6) is 5.75 Å². The van der Waals surface area contributed by atoms with Gasteiger partial charge >= 0.3 is 0 Å². The molecule has 1 aromatic carbocycles. The minimum atomic E-state index is 0.611. The SMILES string of the molecule is COc1ccc(C2CC[C@H]3C(=CC[C@@H]4C3=CC[C@]3(C)CCC[C@@H]43)C2)cc1. The molecule has 5 atom stereocenters. The highest BCUT2D eigenvalue weighted by molar-refractivity contribution is 5.37. The molecule has 138 valence electrons. The van der Waals surface area contributed by atoms with Crippen LogP contribution in [0, 0.1) is 23.2 Å². The second-order valence-electron chi connectivity index (χ2n) is 9.49. The maximum absolute atomic E-state index is 5.33. The molecule has 0 heterocycles. The molecule has 0 aromatic heterocycles. The summed E-state index contributed by atoms with van der Waals surface area (Å²) in [7, 11) is 1.75. The Morgan fingerprint density at radius 1 is 1.04 bits per heavy atom. The first-order valence-electron chi connectivity index (χ1n) is 10.7. The quantitative estimate of drug-likeness (QED) is 0.543. The fraction of sp³-hybridized carbons (Fsp3) is 0.600. The Labute approximate surface area is 158 Å². The Kier molecular flexibility index (Phi) is 4.03. The number of rotatable bonds is 2. The molecule has 0 bridgehead atoms. The number of hydrogen-bond acceptors (Lipinski definition) is 1. The topological polar surface area (TPSA) is 9.23 Å². The predicted molar refractivity (Wildman–Crippen MR) is 107 cm³/mol. The summed E-state index contributed by atoms with van der Waals surface area (Å²) in [5, 5.41) is 0. The summed E-state index contributed by atoms with van der Waals surface area (Å²) in [5.41, 5.74) is 5.70. The van der Waals surface area contributed by atoms with Gasteiger partial charge in [0.1, 0.15) is 5.75 Å². The third-order valence-corrected chi connectivity index (χ3v) is 8.23. The van der Waals surface area contributed by atoms with Crippen molar-refractivity contribution in [1.82, 2.24) is 0 Å². The number of benzene rings is 1. The maximum Gasteiger partial charge on any atom is 0.118 e. The number of ether oxygens (including phenoxy) is 1. The molecular weight excluding hydrogens is 316 g/mol. The fourth-order valence-corrected chi connectivity index (χ4v) is 6.76. The van der Waals surface area contributed by atoms with Gasteiger partial charge in [-0.25, -0.2) is 0 Å². The molecule has 26 heavy (non-hydrogen) atoms. The van der Waals surface area contributed by atoms with Crippen LogP contribution < -0.4 is 4.74 Å². The van der Waals surface area contributed by atoms with Gasteiger partial charge < -0.3 is 4.74 Å². The van der Waals surface area contributed by atoms with Crippen molar-refractivity contribution in [2.45, 2.75) is 64.2 Å². The van der Waals surface area contributed by atoms with Crippen LogP contribution >= 0.6 is 0 Å². The Bertz CT molecular complexity index is 740. The zero-order valence-electron chi connectivity index (χ0n) is 16.3. The molecule has 0 amide bonds. The van der Waals surface area contributed by atoms with Crippen LogP contribution in [0.3, 0.4) is 0 Å². The lowest BCUT2D eigenvalue weighted by atomic mass is 9.57. The maximum atomic E-state index is 5.33. The summed E-state index contributed by atoms with van der Waals surface area (Å²) in [6, 6.07) is 8.80. The molecule has 0 spiro atoms. The lowest BCUT2D eigenvalue weighted by Crippen LogP contribution is -2.37. The van der Waals surface area contributed by atoms with Gasteiger partial charge in [-0.05, 0) is 85.8 Å². The molecule has 1 nitrogen and oxygen atoms in total. The molecule has 1 unspecified atom stereocenters. The second kappa shape index (κ2) is 6.29. The number of fused-ring (bicyclic) bond motifs is 5. The smallest absolute Gasteiger partial charge is 0.118 e. The van der Waals surface area contributed by atoms with E-state index in [-0.39, 0.29) is 0 Å². The lowest BCUT2D eigenvalue weighted by molar-refractivity contribution is 0.147. The minimum absolute atomic E-state index is 0.611. The largest absolute Gasteiger partial charge is 0.497 e. The molecule has 0 aliphatic heterocycles. The van der Waals surface area contributed by atoms with Crippen molar-refractivity contribution in [3.8, 4) is 5.75 Å². The van der Waals surface area contributed by atoms with Gasteiger partial charge in [0, 0.05) is 5.92 Å². The monoisotopic (exact) mass is 348 g/mol. The Hall–Kier alpha value is -1.50. The van der Waals surface area contributed by atoms with Gasteiger partial charge in [0.2, 0.25) is 0 Å². The van der Waals surface area contributed by atoms with Crippen molar-refractivity contribution in [1.29, 1.82) is 0 Å². The standard InChI is InChI=1S/C25H32O/c1-25-14-3-4-24(25)23-12-8-19-16-18(7-11-21(19)22(23)13-15-25)17-5-9-20(26-2)10-6-17/h5-6,8-10,13,18,21,23-24H,3-4,7,11-12,14-16H2,1-2H3/t18?,21-,23+,24-,25-/m0/s1. The van der Waals surface area contributed by atoms with E-state index in [4.69, 9.17) is 4.74 Å². The van der Waals surface area contributed by atoms with Crippen LogP contribution in [0.1, 0.15) is 69.8 Å². The van der Waals surface area contributed by atoms with Crippen molar-refractivity contribution in [3.63, 3.8) is 0 Å². The van der Waals surface area contributed by atoms with Crippen molar-refractivity contribution in [3.05, 3.63) is 53.1 Å². The molecule has 0 saturated heterocycles. The van der Waals surface area contributed by atoms with Crippen molar-refractivity contribution >= 4 is 0 Å². The first-order chi connectivity index (χ1) is 12.7. The summed E-state index contributed by atoms with van der Waals surface area (Å²) in [6.45, 7) is 2.57. The zero-order valence-corrected chi connectivity index (χ0v) is 16.3. The molecule has 1 heteroatoms. The second-order valence-corrected chi connectivity index (χ2v) is 9.49. The summed E-state index contributed by atoms with van der Waals surface area (Å²) in [6.07, 6.45) is 16.4. The highest BCUT2D eigenvalue weighted by Crippen LogP contribution is 2.59. The summed E-state index contributed by atoms with van der Waals surface area (Å²) in [4.78, 5) is 0. The Balaban J connectivity index is 1.37. The van der Waals surface area contributed by atoms with Gasteiger partial charge in [0.05, 0.1) is 7.11 Å². The van der Waals surface area contributed by atoms with Gasteiger partial charge in [-0.1, -0.05) is 48.8 Å². The van der Waals surface area contributed by atoms with E-state index in [0.717, 1.165) is 23.5 Å². The first-order valence-corrected chi connectivity index (χ1v) is 10.7. The van der Waals surface area contributed by atoms with Gasteiger partial charge in [-0.15, -0.1) is 0 Å². The average Bonchev–Trinajstić information content (AvgIpc) is 3.09. The molecule has 4 aliphatic carbocycles. The number of methoxy groups -OCH3 is 1. The first kappa shape index (κ1) is 16.7. The van der Waals surface area contributed by atoms with E-state index in [0.29, 0.717) is 11.3 Å². The zero-order chi connectivity index (χ0) is 17.7. The number of hydrogen-bond donors (Lipinski definition) is 0. The van der Waals surface area contributed by atoms with E-state index in [2.05, 4.69) is 43.3 Å². The van der Waals surface area contributed by atoms with E-state index < -0.39 is 0 Å². The highest BCUT2D eigenvalue weighted by atomic mass is 16.5.